The van der Waals surface area contributed by atoms with Crippen LogP contribution in [-0.4, -0.2) is 50.0 Å². The summed E-state index contributed by atoms with van der Waals surface area (Å²) in [6.07, 6.45) is -4.41. The molecule has 0 radical (unpaired) electrons. The molecule has 156 valence electrons. The van der Waals surface area contributed by atoms with Gasteiger partial charge in [0, 0.05) is 12.0 Å². The Morgan fingerprint density at radius 1 is 1.13 bits per heavy atom. The molecule has 0 bridgehead atoms. The number of carbonyl (C=O) groups is 2. The highest BCUT2D eigenvalue weighted by Crippen LogP contribution is 2.26. The summed E-state index contributed by atoms with van der Waals surface area (Å²) in [5, 5.41) is 3.40. The summed E-state index contributed by atoms with van der Waals surface area (Å²) in [7, 11) is 1.39. The molecule has 0 amide bonds. The van der Waals surface area contributed by atoms with Crippen molar-refractivity contribution in [2.24, 2.45) is 5.11 Å². The third-order valence-corrected chi connectivity index (χ3v) is 4.53. The van der Waals surface area contributed by atoms with Gasteiger partial charge in [-0.25, -0.2) is 4.79 Å². The van der Waals surface area contributed by atoms with Crippen LogP contribution in [0.1, 0.15) is 15.9 Å². The fraction of sp³-hybridized carbons (Fsp3) is 0.333. The molecular formula is C21H21N3O6. The smallest absolute Gasteiger partial charge is 0.338 e. The fourth-order valence-corrected chi connectivity index (χ4v) is 3.04. The zero-order chi connectivity index (χ0) is 21.3. The van der Waals surface area contributed by atoms with Crippen molar-refractivity contribution in [2.45, 2.75) is 31.2 Å². The quantitative estimate of drug-likeness (QED) is 0.285. The van der Waals surface area contributed by atoms with Gasteiger partial charge in [0.2, 0.25) is 5.78 Å². The van der Waals surface area contributed by atoms with Gasteiger partial charge >= 0.3 is 5.97 Å². The summed E-state index contributed by atoms with van der Waals surface area (Å²) < 4.78 is 22.4. The molecule has 0 aromatic heterocycles. The fourth-order valence-electron chi connectivity index (χ4n) is 3.04. The second kappa shape index (κ2) is 10.5. The molecule has 0 aliphatic carbocycles. The standard InChI is InChI=1S/C21H21N3O6/c1-27-21-19(28-13-14-8-4-2-5-9-14)18(17(25)16(29-21)12-23-24-22)30-20(26)15-10-6-3-7-11-15/h2-11,16,18-19,21H,12-13H2,1H3/t16-,18+,19-,21+/m1/s1. The number of carbonyl (C=O) groups excluding carboxylic acids is 2. The average molecular weight is 411 g/mol. The summed E-state index contributed by atoms with van der Waals surface area (Å²) >= 11 is 0. The van der Waals surface area contributed by atoms with Crippen molar-refractivity contribution in [2.75, 3.05) is 13.7 Å². The Bertz CT molecular complexity index is 901. The molecule has 3 rings (SSSR count). The van der Waals surface area contributed by atoms with Crippen molar-refractivity contribution in [1.29, 1.82) is 0 Å². The molecule has 1 aliphatic heterocycles. The van der Waals surface area contributed by atoms with Crippen LogP contribution < -0.4 is 0 Å². The lowest BCUT2D eigenvalue weighted by molar-refractivity contribution is -0.256. The third-order valence-electron chi connectivity index (χ3n) is 4.53. The number of nitrogens with zero attached hydrogens (tertiary/aromatic N) is 3. The predicted molar refractivity (Wildman–Crippen MR) is 105 cm³/mol. The first-order chi connectivity index (χ1) is 14.6. The Morgan fingerprint density at radius 2 is 1.80 bits per heavy atom. The van der Waals surface area contributed by atoms with Gasteiger partial charge in [0.1, 0.15) is 6.10 Å². The lowest BCUT2D eigenvalue weighted by Gasteiger charge is -2.38. The van der Waals surface area contributed by atoms with E-state index in [0.717, 1.165) is 5.56 Å². The minimum Gasteiger partial charge on any atom is -0.448 e. The molecule has 9 heteroatoms. The number of esters is 1. The number of rotatable bonds is 8. The van der Waals surface area contributed by atoms with Crippen molar-refractivity contribution in [3.63, 3.8) is 0 Å². The molecule has 9 nitrogen and oxygen atoms in total. The maximum absolute atomic E-state index is 13.0. The average Bonchev–Trinajstić information content (AvgIpc) is 2.79. The summed E-state index contributed by atoms with van der Waals surface area (Å²) in [5.41, 5.74) is 9.73. The number of ether oxygens (including phenoxy) is 4. The van der Waals surface area contributed by atoms with E-state index >= 15 is 0 Å². The van der Waals surface area contributed by atoms with E-state index in [1.54, 1.807) is 30.3 Å². The van der Waals surface area contributed by atoms with Gasteiger partial charge in [-0.1, -0.05) is 53.6 Å². The molecule has 0 saturated carbocycles. The molecule has 2 aromatic carbocycles. The molecule has 4 atom stereocenters. The first-order valence-electron chi connectivity index (χ1n) is 9.28. The lowest BCUT2D eigenvalue weighted by Crippen LogP contribution is -2.58. The van der Waals surface area contributed by atoms with Crippen molar-refractivity contribution in [3.05, 3.63) is 82.2 Å². The number of benzene rings is 2. The van der Waals surface area contributed by atoms with Gasteiger partial charge in [-0.2, -0.15) is 0 Å². The highest BCUT2D eigenvalue weighted by atomic mass is 16.7. The van der Waals surface area contributed by atoms with E-state index in [1.165, 1.54) is 7.11 Å². The summed E-state index contributed by atoms with van der Waals surface area (Å²) in [5.74, 6) is -1.24. The summed E-state index contributed by atoms with van der Waals surface area (Å²) in [6, 6.07) is 17.6. The van der Waals surface area contributed by atoms with Gasteiger partial charge in [-0.15, -0.1) is 0 Å². The minimum atomic E-state index is -1.29. The highest BCUT2D eigenvalue weighted by molar-refractivity contribution is 5.95. The third kappa shape index (κ3) is 5.22. The molecule has 2 aromatic rings. The first kappa shape index (κ1) is 21.5. The van der Waals surface area contributed by atoms with Gasteiger partial charge in [0.25, 0.3) is 0 Å². The van der Waals surface area contributed by atoms with Crippen molar-refractivity contribution in [3.8, 4) is 0 Å². The van der Waals surface area contributed by atoms with Gasteiger partial charge in [-0.05, 0) is 23.2 Å². The largest absolute Gasteiger partial charge is 0.448 e. The zero-order valence-corrected chi connectivity index (χ0v) is 16.3. The molecule has 1 saturated heterocycles. The van der Waals surface area contributed by atoms with Crippen LogP contribution in [0.4, 0.5) is 0 Å². The van der Waals surface area contributed by atoms with Gasteiger partial charge in [-0.3, -0.25) is 4.79 Å². The van der Waals surface area contributed by atoms with Crippen LogP contribution in [0.5, 0.6) is 0 Å². The van der Waals surface area contributed by atoms with Crippen molar-refractivity contribution < 1.29 is 28.5 Å². The second-order valence-electron chi connectivity index (χ2n) is 6.50. The Balaban J connectivity index is 1.83. The van der Waals surface area contributed by atoms with E-state index in [9.17, 15) is 9.59 Å². The van der Waals surface area contributed by atoms with Crippen LogP contribution in [0.15, 0.2) is 65.8 Å². The Hall–Kier alpha value is -3.23. The number of methoxy groups -OCH3 is 1. The normalized spacial score (nSPS) is 23.4. The van der Waals surface area contributed by atoms with Gasteiger partial charge in [0.05, 0.1) is 18.7 Å². The maximum atomic E-state index is 13.0. The second-order valence-corrected chi connectivity index (χ2v) is 6.50. The molecule has 1 heterocycles. The molecule has 1 aliphatic rings. The number of ketones is 1. The molecule has 0 spiro atoms. The van der Waals surface area contributed by atoms with Crippen molar-refractivity contribution in [1.82, 2.24) is 0 Å². The number of hydrogen-bond donors (Lipinski definition) is 0. The molecular weight excluding hydrogens is 390 g/mol. The number of hydrogen-bond acceptors (Lipinski definition) is 7. The Kier molecular flexibility index (Phi) is 7.53. The van der Waals surface area contributed by atoms with Gasteiger partial charge < -0.3 is 18.9 Å². The van der Waals surface area contributed by atoms with E-state index in [4.69, 9.17) is 24.5 Å². The van der Waals surface area contributed by atoms with E-state index < -0.39 is 36.4 Å². The Morgan fingerprint density at radius 3 is 2.43 bits per heavy atom. The maximum Gasteiger partial charge on any atom is 0.338 e. The lowest BCUT2D eigenvalue weighted by atomic mass is 10.00. The predicted octanol–water partition coefficient (Wildman–Crippen LogP) is 3.05. The van der Waals surface area contributed by atoms with Crippen LogP contribution in [0.25, 0.3) is 10.4 Å². The van der Waals surface area contributed by atoms with E-state index in [-0.39, 0.29) is 13.2 Å². The van der Waals surface area contributed by atoms with E-state index in [1.807, 2.05) is 30.3 Å². The van der Waals surface area contributed by atoms with E-state index in [0.29, 0.717) is 5.56 Å². The van der Waals surface area contributed by atoms with Crippen LogP contribution in [0.3, 0.4) is 0 Å². The van der Waals surface area contributed by atoms with Crippen LogP contribution in [-0.2, 0) is 30.3 Å². The van der Waals surface area contributed by atoms with Crippen molar-refractivity contribution >= 4 is 11.8 Å². The van der Waals surface area contributed by atoms with Gasteiger partial charge in [0.15, 0.2) is 18.5 Å². The molecule has 30 heavy (non-hydrogen) atoms. The molecule has 0 N–H and O–H groups in total. The summed E-state index contributed by atoms with van der Waals surface area (Å²) in [4.78, 5) is 28.2. The van der Waals surface area contributed by atoms with E-state index in [2.05, 4.69) is 10.0 Å². The minimum absolute atomic E-state index is 0.155. The molecule has 0 unspecified atom stereocenters. The highest BCUT2D eigenvalue weighted by Gasteiger charge is 2.48. The van der Waals surface area contributed by atoms with Crippen LogP contribution in [0.2, 0.25) is 0 Å². The first-order valence-corrected chi connectivity index (χ1v) is 9.28. The van der Waals surface area contributed by atoms with Crippen LogP contribution in [0, 0.1) is 0 Å². The number of azide groups is 1. The summed E-state index contributed by atoms with van der Waals surface area (Å²) in [6.45, 7) is -0.0948. The van der Waals surface area contributed by atoms with Crippen LogP contribution >= 0.6 is 0 Å². The zero-order valence-electron chi connectivity index (χ0n) is 16.3. The Labute approximate surface area is 173 Å². The topological polar surface area (TPSA) is 120 Å². The molecule has 1 fully saturated rings. The number of Topliss-reactive ketones (excluding diaryl/α,β-unsaturated/α-hetero) is 1. The SMILES string of the molecule is CO[C@H]1O[C@H](CN=[N+]=[N-])C(=O)[C@H](OC(=O)c2ccccc2)[C@H]1OCc1ccccc1. The monoisotopic (exact) mass is 411 g/mol.